The molecular formula is C23H28N6O4S. The first-order valence-corrected chi connectivity index (χ1v) is 12.8. The molecule has 180 valence electrons. The zero-order valence-corrected chi connectivity index (χ0v) is 20.2. The molecule has 0 atom stereocenters. The molecule has 0 unspecified atom stereocenters. The van der Waals surface area contributed by atoms with Crippen LogP contribution in [0.5, 0.6) is 0 Å². The largest absolute Gasteiger partial charge is 0.378 e. The van der Waals surface area contributed by atoms with Crippen molar-refractivity contribution in [1.82, 2.24) is 19.7 Å². The highest BCUT2D eigenvalue weighted by atomic mass is 32.2. The second kappa shape index (κ2) is 9.32. The monoisotopic (exact) mass is 484 g/mol. The molecule has 0 radical (unpaired) electrons. The van der Waals surface area contributed by atoms with Crippen LogP contribution in [-0.4, -0.2) is 80.6 Å². The summed E-state index contributed by atoms with van der Waals surface area (Å²) >= 11 is 0. The topological polar surface area (TPSA) is 105 Å². The third-order valence-electron chi connectivity index (χ3n) is 6.25. The maximum atomic E-state index is 13.5. The third-order valence-corrected chi connectivity index (χ3v) is 8.29. The van der Waals surface area contributed by atoms with Gasteiger partial charge < -0.3 is 19.1 Å². The predicted molar refractivity (Wildman–Crippen MR) is 127 cm³/mol. The van der Waals surface area contributed by atoms with Crippen LogP contribution < -0.4 is 9.80 Å². The third kappa shape index (κ3) is 4.50. The molecule has 2 aliphatic heterocycles. The molecule has 2 saturated heterocycles. The maximum absolute atomic E-state index is 13.5. The van der Waals surface area contributed by atoms with Crippen LogP contribution in [0.3, 0.4) is 0 Å². The summed E-state index contributed by atoms with van der Waals surface area (Å²) in [5, 5.41) is 12.7. The Bertz CT molecular complexity index is 1250. The Morgan fingerprint density at radius 3 is 2.06 bits per heavy atom. The van der Waals surface area contributed by atoms with Gasteiger partial charge in [0, 0.05) is 50.9 Å². The predicted octanol–water partition coefficient (Wildman–Crippen LogP) is 2.10. The minimum atomic E-state index is -3.65. The Morgan fingerprint density at radius 1 is 0.824 bits per heavy atom. The van der Waals surface area contributed by atoms with Crippen molar-refractivity contribution in [3.8, 4) is 11.3 Å². The van der Waals surface area contributed by atoms with Gasteiger partial charge in [-0.05, 0) is 37.6 Å². The van der Waals surface area contributed by atoms with E-state index < -0.39 is 10.0 Å². The number of piperazine rings is 1. The Labute approximate surface area is 199 Å². The number of anilines is 2. The highest BCUT2D eigenvalue weighted by molar-refractivity contribution is 7.89. The van der Waals surface area contributed by atoms with Crippen LogP contribution in [0, 0.1) is 13.8 Å². The van der Waals surface area contributed by atoms with E-state index in [1.54, 1.807) is 12.1 Å². The molecule has 0 N–H and O–H groups in total. The first-order chi connectivity index (χ1) is 16.4. The lowest BCUT2D eigenvalue weighted by Crippen LogP contribution is -2.49. The zero-order chi connectivity index (χ0) is 23.7. The normalized spacial score (nSPS) is 17.8. The second-order valence-electron chi connectivity index (χ2n) is 8.55. The van der Waals surface area contributed by atoms with E-state index in [9.17, 15) is 8.42 Å². The number of aryl methyl sites for hydroxylation is 2. The van der Waals surface area contributed by atoms with E-state index >= 15 is 0 Å². The van der Waals surface area contributed by atoms with Gasteiger partial charge in [-0.1, -0.05) is 17.3 Å². The van der Waals surface area contributed by atoms with E-state index in [0.29, 0.717) is 61.2 Å². The highest BCUT2D eigenvalue weighted by Gasteiger charge is 2.30. The molecule has 34 heavy (non-hydrogen) atoms. The van der Waals surface area contributed by atoms with Gasteiger partial charge >= 0.3 is 0 Å². The lowest BCUT2D eigenvalue weighted by molar-refractivity contribution is 0.122. The number of morpholine rings is 1. The van der Waals surface area contributed by atoms with Crippen molar-refractivity contribution < 1.29 is 17.7 Å². The molecule has 3 aromatic rings. The Hall–Kier alpha value is -3.02. The van der Waals surface area contributed by atoms with Crippen LogP contribution in [0.2, 0.25) is 0 Å². The highest BCUT2D eigenvalue weighted by Crippen LogP contribution is 2.28. The maximum Gasteiger partial charge on any atom is 0.243 e. The van der Waals surface area contributed by atoms with Gasteiger partial charge in [0.1, 0.15) is 0 Å². The number of ether oxygens (including phenoxy) is 1. The molecule has 4 heterocycles. The number of rotatable bonds is 5. The SMILES string of the molecule is Cc1cc(-c2ccc(C)c(S(=O)(=O)N3CCN(c4ccc(N5CCOCC5)nn4)CC3)c2)on1. The summed E-state index contributed by atoms with van der Waals surface area (Å²) in [4.78, 5) is 4.52. The summed E-state index contributed by atoms with van der Waals surface area (Å²) in [5.74, 6) is 2.15. The summed E-state index contributed by atoms with van der Waals surface area (Å²) < 4.78 is 39.2. The fourth-order valence-electron chi connectivity index (χ4n) is 4.28. The minimum absolute atomic E-state index is 0.294. The number of sulfonamides is 1. The van der Waals surface area contributed by atoms with Gasteiger partial charge in [0.15, 0.2) is 17.4 Å². The quantitative estimate of drug-likeness (QED) is 0.538. The summed E-state index contributed by atoms with van der Waals surface area (Å²) in [6.45, 7) is 8.49. The molecule has 0 spiro atoms. The second-order valence-corrected chi connectivity index (χ2v) is 10.5. The van der Waals surface area contributed by atoms with Gasteiger partial charge in [-0.15, -0.1) is 10.2 Å². The Kier molecular flexibility index (Phi) is 6.24. The van der Waals surface area contributed by atoms with Crippen molar-refractivity contribution in [3.05, 3.63) is 47.7 Å². The lowest BCUT2D eigenvalue weighted by atomic mass is 10.1. The van der Waals surface area contributed by atoms with E-state index in [4.69, 9.17) is 9.26 Å². The average molecular weight is 485 g/mol. The van der Waals surface area contributed by atoms with Crippen molar-refractivity contribution in [1.29, 1.82) is 0 Å². The van der Waals surface area contributed by atoms with Crippen molar-refractivity contribution in [2.45, 2.75) is 18.7 Å². The van der Waals surface area contributed by atoms with Crippen molar-refractivity contribution in [2.24, 2.45) is 0 Å². The smallest absolute Gasteiger partial charge is 0.243 e. The van der Waals surface area contributed by atoms with Crippen LogP contribution in [0.25, 0.3) is 11.3 Å². The van der Waals surface area contributed by atoms with Crippen LogP contribution in [0.4, 0.5) is 11.6 Å². The van der Waals surface area contributed by atoms with Crippen LogP contribution in [0.1, 0.15) is 11.3 Å². The number of aromatic nitrogens is 3. The number of benzene rings is 1. The molecule has 2 aromatic heterocycles. The van der Waals surface area contributed by atoms with Gasteiger partial charge in [-0.3, -0.25) is 0 Å². The summed E-state index contributed by atoms with van der Waals surface area (Å²) in [5.41, 5.74) is 2.14. The summed E-state index contributed by atoms with van der Waals surface area (Å²) in [6, 6.07) is 11.1. The Balaban J connectivity index is 1.28. The van der Waals surface area contributed by atoms with Gasteiger partial charge in [-0.2, -0.15) is 4.31 Å². The van der Waals surface area contributed by atoms with Crippen LogP contribution in [-0.2, 0) is 14.8 Å². The molecule has 10 nitrogen and oxygen atoms in total. The molecule has 11 heteroatoms. The first kappa shape index (κ1) is 22.8. The van der Waals surface area contributed by atoms with E-state index in [1.807, 2.05) is 38.1 Å². The van der Waals surface area contributed by atoms with Gasteiger partial charge in [-0.25, -0.2) is 8.42 Å². The number of hydrogen-bond donors (Lipinski definition) is 0. The minimum Gasteiger partial charge on any atom is -0.378 e. The van der Waals surface area contributed by atoms with E-state index in [-0.39, 0.29) is 0 Å². The van der Waals surface area contributed by atoms with Crippen LogP contribution in [0.15, 0.2) is 45.8 Å². The van der Waals surface area contributed by atoms with E-state index in [1.165, 1.54) is 4.31 Å². The molecule has 1 aromatic carbocycles. The van der Waals surface area contributed by atoms with Crippen LogP contribution >= 0.6 is 0 Å². The molecule has 2 fully saturated rings. The fraction of sp³-hybridized carbons (Fsp3) is 0.435. The standard InChI is InChI=1S/C23H28N6O4S/c1-17-3-4-19(20-15-18(2)26-33-20)16-21(17)34(30,31)29-9-7-27(8-10-29)22-5-6-23(25-24-22)28-11-13-32-14-12-28/h3-6,15-16H,7-14H2,1-2H3. The lowest BCUT2D eigenvalue weighted by Gasteiger charge is -2.35. The molecule has 0 amide bonds. The van der Waals surface area contributed by atoms with Gasteiger partial charge in [0.2, 0.25) is 10.0 Å². The van der Waals surface area contributed by atoms with Crippen molar-refractivity contribution in [3.63, 3.8) is 0 Å². The molecule has 0 bridgehead atoms. The molecule has 5 rings (SSSR count). The van der Waals surface area contributed by atoms with Crippen molar-refractivity contribution >= 4 is 21.7 Å². The van der Waals surface area contributed by atoms with Gasteiger partial charge in [0.05, 0.1) is 23.8 Å². The number of hydrogen-bond acceptors (Lipinski definition) is 9. The van der Waals surface area contributed by atoms with E-state index in [2.05, 4.69) is 25.2 Å². The molecule has 0 aliphatic carbocycles. The summed E-state index contributed by atoms with van der Waals surface area (Å²) in [7, 11) is -3.65. The fourth-order valence-corrected chi connectivity index (χ4v) is 5.95. The average Bonchev–Trinajstić information content (AvgIpc) is 3.31. The van der Waals surface area contributed by atoms with Gasteiger partial charge in [0.25, 0.3) is 0 Å². The van der Waals surface area contributed by atoms with Crippen molar-refractivity contribution in [2.75, 3.05) is 62.3 Å². The zero-order valence-electron chi connectivity index (χ0n) is 19.3. The van der Waals surface area contributed by atoms with E-state index in [0.717, 1.165) is 30.4 Å². The molecule has 0 saturated carbocycles. The molecular weight excluding hydrogens is 456 g/mol. The number of nitrogens with zero attached hydrogens (tertiary/aromatic N) is 6. The first-order valence-electron chi connectivity index (χ1n) is 11.4. The molecule has 2 aliphatic rings. The Morgan fingerprint density at radius 2 is 1.47 bits per heavy atom. The summed E-state index contributed by atoms with van der Waals surface area (Å²) in [6.07, 6.45) is 0.